The van der Waals surface area contributed by atoms with Gasteiger partial charge in [0.25, 0.3) is 0 Å². The van der Waals surface area contributed by atoms with Crippen molar-refractivity contribution in [1.29, 1.82) is 0 Å². The third-order valence-electron chi connectivity index (χ3n) is 2.73. The van der Waals surface area contributed by atoms with E-state index in [4.69, 9.17) is 4.74 Å². The van der Waals surface area contributed by atoms with Crippen LogP contribution in [-0.2, 0) is 4.74 Å². The zero-order chi connectivity index (χ0) is 11.7. The molecule has 0 aromatic rings. The fraction of sp³-hybridized carbons (Fsp3) is 1.00. The summed E-state index contributed by atoms with van der Waals surface area (Å²) in [5.74, 6) is 1.44. The molecule has 2 nitrogen and oxygen atoms in total. The van der Waals surface area contributed by atoms with Gasteiger partial charge < -0.3 is 10.1 Å². The van der Waals surface area contributed by atoms with Gasteiger partial charge in [-0.05, 0) is 38.1 Å². The molecule has 0 aliphatic heterocycles. The lowest BCUT2D eigenvalue weighted by atomic mass is 10.1. The molecule has 92 valence electrons. The lowest BCUT2D eigenvalue weighted by Crippen LogP contribution is -2.25. The summed E-state index contributed by atoms with van der Waals surface area (Å²) in [5, 5.41) is 3.41. The van der Waals surface area contributed by atoms with E-state index in [9.17, 15) is 0 Å². The monoisotopic (exact) mass is 215 g/mol. The number of rotatable bonds is 9. The van der Waals surface area contributed by atoms with Crippen molar-refractivity contribution in [2.45, 2.75) is 53.6 Å². The van der Waals surface area contributed by atoms with Gasteiger partial charge in [-0.15, -0.1) is 0 Å². The SMILES string of the molecule is CC(C)CCCNCCOC(C)C(C)C. The van der Waals surface area contributed by atoms with Gasteiger partial charge in [-0.3, -0.25) is 0 Å². The van der Waals surface area contributed by atoms with Gasteiger partial charge in [-0.2, -0.15) is 0 Å². The van der Waals surface area contributed by atoms with Gasteiger partial charge in [-0.25, -0.2) is 0 Å². The van der Waals surface area contributed by atoms with Crippen molar-refractivity contribution in [2.75, 3.05) is 19.7 Å². The Hall–Kier alpha value is -0.0800. The normalized spacial score (nSPS) is 13.8. The molecule has 0 aromatic carbocycles. The van der Waals surface area contributed by atoms with Gasteiger partial charge in [0, 0.05) is 6.54 Å². The smallest absolute Gasteiger partial charge is 0.0594 e. The van der Waals surface area contributed by atoms with Crippen molar-refractivity contribution in [1.82, 2.24) is 5.32 Å². The Morgan fingerprint density at radius 3 is 2.20 bits per heavy atom. The lowest BCUT2D eigenvalue weighted by molar-refractivity contribution is 0.0374. The molecule has 1 unspecified atom stereocenters. The molecular formula is C13H29NO. The Morgan fingerprint density at radius 2 is 1.67 bits per heavy atom. The number of nitrogens with one attached hydrogen (secondary N) is 1. The Bertz CT molecular complexity index is 134. The van der Waals surface area contributed by atoms with Gasteiger partial charge >= 0.3 is 0 Å². The molecule has 1 atom stereocenters. The summed E-state index contributed by atoms with van der Waals surface area (Å²) >= 11 is 0. The van der Waals surface area contributed by atoms with Crippen LogP contribution in [0.5, 0.6) is 0 Å². The second-order valence-electron chi connectivity index (χ2n) is 5.11. The molecule has 0 fully saturated rings. The molecule has 2 heteroatoms. The van der Waals surface area contributed by atoms with Crippen LogP contribution in [0, 0.1) is 11.8 Å². The first-order valence-corrected chi connectivity index (χ1v) is 6.36. The minimum Gasteiger partial charge on any atom is -0.377 e. The first-order chi connectivity index (χ1) is 7.04. The quantitative estimate of drug-likeness (QED) is 0.597. The highest BCUT2D eigenvalue weighted by atomic mass is 16.5. The number of hydrogen-bond donors (Lipinski definition) is 1. The number of ether oxygens (including phenoxy) is 1. The van der Waals surface area contributed by atoms with Crippen LogP contribution >= 0.6 is 0 Å². The van der Waals surface area contributed by atoms with Gasteiger partial charge in [-0.1, -0.05) is 27.7 Å². The summed E-state index contributed by atoms with van der Waals surface area (Å²) in [6.45, 7) is 14.0. The van der Waals surface area contributed by atoms with E-state index < -0.39 is 0 Å². The van der Waals surface area contributed by atoms with Crippen molar-refractivity contribution in [2.24, 2.45) is 11.8 Å². The van der Waals surface area contributed by atoms with Crippen LogP contribution < -0.4 is 5.32 Å². The molecule has 0 aliphatic rings. The van der Waals surface area contributed by atoms with E-state index in [0.717, 1.165) is 25.6 Å². The standard InChI is InChI=1S/C13H29NO/c1-11(2)7-6-8-14-9-10-15-13(5)12(3)4/h11-14H,6-10H2,1-5H3. The second-order valence-corrected chi connectivity index (χ2v) is 5.11. The molecule has 1 N–H and O–H groups in total. The highest BCUT2D eigenvalue weighted by Gasteiger charge is 2.05. The van der Waals surface area contributed by atoms with Gasteiger partial charge in [0.2, 0.25) is 0 Å². The third-order valence-corrected chi connectivity index (χ3v) is 2.73. The van der Waals surface area contributed by atoms with E-state index in [-0.39, 0.29) is 0 Å². The fourth-order valence-electron chi connectivity index (χ4n) is 1.27. The highest BCUT2D eigenvalue weighted by molar-refractivity contribution is 4.56. The molecular weight excluding hydrogens is 186 g/mol. The van der Waals surface area contributed by atoms with Crippen LogP contribution in [-0.4, -0.2) is 25.8 Å². The minimum absolute atomic E-state index is 0.377. The summed E-state index contributed by atoms with van der Waals surface area (Å²) < 4.78 is 5.67. The van der Waals surface area contributed by atoms with Crippen LogP contribution in [0.2, 0.25) is 0 Å². The van der Waals surface area contributed by atoms with E-state index in [1.807, 2.05) is 0 Å². The van der Waals surface area contributed by atoms with Crippen molar-refractivity contribution >= 4 is 0 Å². The van der Waals surface area contributed by atoms with Gasteiger partial charge in [0.05, 0.1) is 12.7 Å². The molecule has 0 radical (unpaired) electrons. The third kappa shape index (κ3) is 10.2. The van der Waals surface area contributed by atoms with Crippen molar-refractivity contribution in [3.8, 4) is 0 Å². The van der Waals surface area contributed by atoms with E-state index in [1.165, 1.54) is 12.8 Å². The Balaban J connectivity index is 3.11. The highest BCUT2D eigenvalue weighted by Crippen LogP contribution is 2.04. The van der Waals surface area contributed by atoms with Crippen molar-refractivity contribution < 1.29 is 4.74 Å². The predicted molar refractivity (Wildman–Crippen MR) is 67.2 cm³/mol. The summed E-state index contributed by atoms with van der Waals surface area (Å²) in [6, 6.07) is 0. The second kappa shape index (κ2) is 9.17. The van der Waals surface area contributed by atoms with Crippen LogP contribution in [0.4, 0.5) is 0 Å². The Labute approximate surface area is 95.8 Å². The van der Waals surface area contributed by atoms with Crippen LogP contribution in [0.1, 0.15) is 47.5 Å². The van der Waals surface area contributed by atoms with E-state index >= 15 is 0 Å². The maximum atomic E-state index is 5.67. The van der Waals surface area contributed by atoms with E-state index in [1.54, 1.807) is 0 Å². The fourth-order valence-corrected chi connectivity index (χ4v) is 1.27. The zero-order valence-corrected chi connectivity index (χ0v) is 11.2. The molecule has 0 heterocycles. The summed E-state index contributed by atoms with van der Waals surface area (Å²) in [7, 11) is 0. The van der Waals surface area contributed by atoms with Crippen LogP contribution in [0.3, 0.4) is 0 Å². The van der Waals surface area contributed by atoms with E-state index in [0.29, 0.717) is 12.0 Å². The summed E-state index contributed by atoms with van der Waals surface area (Å²) in [4.78, 5) is 0. The van der Waals surface area contributed by atoms with Gasteiger partial charge in [0.1, 0.15) is 0 Å². The van der Waals surface area contributed by atoms with E-state index in [2.05, 4.69) is 39.9 Å². The molecule has 0 aromatic heterocycles. The number of hydrogen-bond acceptors (Lipinski definition) is 2. The zero-order valence-electron chi connectivity index (χ0n) is 11.2. The first kappa shape index (κ1) is 14.9. The van der Waals surface area contributed by atoms with Gasteiger partial charge in [0.15, 0.2) is 0 Å². The summed E-state index contributed by atoms with van der Waals surface area (Å²) in [5.41, 5.74) is 0. The maximum Gasteiger partial charge on any atom is 0.0594 e. The minimum atomic E-state index is 0.377. The molecule has 0 spiro atoms. The molecule has 0 saturated carbocycles. The first-order valence-electron chi connectivity index (χ1n) is 6.36. The molecule has 0 rings (SSSR count). The van der Waals surface area contributed by atoms with Crippen molar-refractivity contribution in [3.05, 3.63) is 0 Å². The largest absolute Gasteiger partial charge is 0.377 e. The molecule has 0 bridgehead atoms. The predicted octanol–water partition coefficient (Wildman–Crippen LogP) is 3.07. The topological polar surface area (TPSA) is 21.3 Å². The lowest BCUT2D eigenvalue weighted by Gasteiger charge is -2.16. The molecule has 0 amide bonds. The molecule has 0 aliphatic carbocycles. The molecule has 15 heavy (non-hydrogen) atoms. The average Bonchev–Trinajstić information content (AvgIpc) is 2.15. The van der Waals surface area contributed by atoms with Crippen LogP contribution in [0.15, 0.2) is 0 Å². The maximum absolute atomic E-state index is 5.67. The van der Waals surface area contributed by atoms with Crippen LogP contribution in [0.25, 0.3) is 0 Å². The summed E-state index contributed by atoms with van der Waals surface area (Å²) in [6.07, 6.45) is 2.97. The van der Waals surface area contributed by atoms with Crippen molar-refractivity contribution in [3.63, 3.8) is 0 Å². The average molecular weight is 215 g/mol. The molecule has 0 saturated heterocycles. The Morgan fingerprint density at radius 1 is 1.00 bits per heavy atom. The Kier molecular flexibility index (Phi) is 9.12.